The van der Waals surface area contributed by atoms with E-state index < -0.39 is 0 Å². The van der Waals surface area contributed by atoms with Gasteiger partial charge in [-0.3, -0.25) is 9.69 Å². The van der Waals surface area contributed by atoms with E-state index in [1.807, 2.05) is 42.5 Å². The fraction of sp³-hybridized carbons (Fsp3) is 0.320. The van der Waals surface area contributed by atoms with E-state index in [1.54, 1.807) is 0 Å². The monoisotopic (exact) mass is 426 g/mol. The number of likely N-dealkylation sites (N-methyl/N-ethyl adjacent to an activating group) is 1. The average Bonchev–Trinajstić information content (AvgIpc) is 3.35. The zero-order valence-electron chi connectivity index (χ0n) is 18.1. The molecule has 2 aromatic carbocycles. The van der Waals surface area contributed by atoms with E-state index in [0.29, 0.717) is 24.3 Å². The number of benzene rings is 2. The van der Waals surface area contributed by atoms with Crippen molar-refractivity contribution < 1.29 is 4.79 Å². The summed E-state index contributed by atoms with van der Waals surface area (Å²) in [5, 5.41) is 7.19. The van der Waals surface area contributed by atoms with Crippen molar-refractivity contribution in [1.29, 1.82) is 0 Å². The Hall–Kier alpha value is -3.47. The number of rotatable bonds is 5. The van der Waals surface area contributed by atoms with Crippen LogP contribution in [0.3, 0.4) is 0 Å². The first kappa shape index (κ1) is 20.4. The number of hydrogen-bond acceptors (Lipinski definition) is 6. The second-order valence-electron chi connectivity index (χ2n) is 8.64. The molecule has 0 radical (unpaired) electrons. The average molecular weight is 427 g/mol. The molecule has 2 unspecified atom stereocenters. The summed E-state index contributed by atoms with van der Waals surface area (Å²) in [5.41, 5.74) is 3.16. The normalized spacial score (nSPS) is 20.8. The molecule has 162 valence electrons. The van der Waals surface area contributed by atoms with E-state index in [0.717, 1.165) is 47.5 Å². The number of nitrogens with zero attached hydrogens (tertiary/aromatic N) is 4. The molecule has 2 fully saturated rings. The van der Waals surface area contributed by atoms with Gasteiger partial charge in [0.2, 0.25) is 5.91 Å². The molecule has 0 spiro atoms. The Morgan fingerprint density at radius 1 is 1.19 bits per heavy atom. The SMILES string of the molecule is C#Cc1cccc(Nc2ncnc3ccc(NC(=O)CN4CC5CCN(C)C5C4)cc23)c1. The van der Waals surface area contributed by atoms with Crippen LogP contribution in [0.4, 0.5) is 17.2 Å². The Kier molecular flexibility index (Phi) is 5.48. The highest BCUT2D eigenvalue weighted by Crippen LogP contribution is 2.30. The maximum Gasteiger partial charge on any atom is 0.238 e. The number of amides is 1. The molecule has 7 heteroatoms. The van der Waals surface area contributed by atoms with E-state index in [1.165, 1.54) is 12.7 Å². The molecule has 2 aliphatic heterocycles. The summed E-state index contributed by atoms with van der Waals surface area (Å²) in [6, 6.07) is 13.9. The summed E-state index contributed by atoms with van der Waals surface area (Å²) in [6.07, 6.45) is 8.26. The lowest BCUT2D eigenvalue weighted by molar-refractivity contribution is -0.117. The van der Waals surface area contributed by atoms with Crippen LogP contribution in [-0.2, 0) is 4.79 Å². The molecule has 0 saturated carbocycles. The molecule has 7 nitrogen and oxygen atoms in total. The fourth-order valence-electron chi connectivity index (χ4n) is 4.85. The van der Waals surface area contributed by atoms with Gasteiger partial charge in [0.1, 0.15) is 12.1 Å². The van der Waals surface area contributed by atoms with Crippen molar-refractivity contribution in [2.24, 2.45) is 5.92 Å². The van der Waals surface area contributed by atoms with Crippen LogP contribution in [0.5, 0.6) is 0 Å². The molecular weight excluding hydrogens is 400 g/mol. The van der Waals surface area contributed by atoms with E-state index in [9.17, 15) is 4.79 Å². The Bertz CT molecular complexity index is 1200. The molecule has 1 aromatic heterocycles. The molecule has 3 heterocycles. The smallest absolute Gasteiger partial charge is 0.238 e. The molecule has 0 bridgehead atoms. The first-order chi connectivity index (χ1) is 15.6. The Labute approximate surface area is 187 Å². The molecule has 2 atom stereocenters. The van der Waals surface area contributed by atoms with Crippen molar-refractivity contribution >= 4 is 34.0 Å². The molecule has 0 aliphatic carbocycles. The number of anilines is 3. The lowest BCUT2D eigenvalue weighted by Crippen LogP contribution is -2.36. The Morgan fingerprint density at radius 3 is 2.94 bits per heavy atom. The van der Waals surface area contributed by atoms with Crippen molar-refractivity contribution in [2.75, 3.05) is 43.9 Å². The molecule has 3 aromatic rings. The minimum atomic E-state index is 0.0000524. The minimum absolute atomic E-state index is 0.0000524. The van der Waals surface area contributed by atoms with Crippen molar-refractivity contribution in [3.8, 4) is 12.3 Å². The van der Waals surface area contributed by atoms with Gasteiger partial charge in [0.05, 0.1) is 12.1 Å². The fourth-order valence-corrected chi connectivity index (χ4v) is 4.85. The lowest BCUT2D eigenvalue weighted by Gasteiger charge is -2.20. The molecular formula is C25H26N6O. The molecule has 2 N–H and O–H groups in total. The number of carbonyl (C=O) groups excluding carboxylic acids is 1. The molecule has 1 amide bonds. The highest BCUT2D eigenvalue weighted by atomic mass is 16.2. The van der Waals surface area contributed by atoms with Crippen LogP contribution in [0.25, 0.3) is 10.9 Å². The molecule has 2 saturated heterocycles. The quantitative estimate of drug-likeness (QED) is 0.611. The van der Waals surface area contributed by atoms with Crippen LogP contribution in [0, 0.1) is 18.3 Å². The zero-order valence-corrected chi connectivity index (χ0v) is 18.1. The number of nitrogens with one attached hydrogen (secondary N) is 2. The van der Waals surface area contributed by atoms with Crippen LogP contribution in [0.1, 0.15) is 12.0 Å². The maximum absolute atomic E-state index is 12.7. The summed E-state index contributed by atoms with van der Waals surface area (Å²) in [7, 11) is 2.18. The summed E-state index contributed by atoms with van der Waals surface area (Å²) in [6.45, 7) is 3.54. The van der Waals surface area contributed by atoms with E-state index >= 15 is 0 Å². The summed E-state index contributed by atoms with van der Waals surface area (Å²) >= 11 is 0. The van der Waals surface area contributed by atoms with Crippen LogP contribution >= 0.6 is 0 Å². The van der Waals surface area contributed by atoms with Crippen molar-refractivity contribution in [2.45, 2.75) is 12.5 Å². The number of aromatic nitrogens is 2. The Morgan fingerprint density at radius 2 is 2.09 bits per heavy atom. The predicted octanol–water partition coefficient (Wildman–Crippen LogP) is 2.93. The number of likely N-dealkylation sites (tertiary alicyclic amines) is 2. The second-order valence-corrected chi connectivity index (χ2v) is 8.64. The van der Waals surface area contributed by atoms with Gasteiger partial charge < -0.3 is 15.5 Å². The van der Waals surface area contributed by atoms with Gasteiger partial charge in [-0.15, -0.1) is 6.42 Å². The lowest BCUT2D eigenvalue weighted by atomic mass is 10.1. The molecule has 5 rings (SSSR count). The predicted molar refractivity (Wildman–Crippen MR) is 127 cm³/mol. The molecule has 2 aliphatic rings. The second kappa shape index (κ2) is 8.58. The largest absolute Gasteiger partial charge is 0.340 e. The number of terminal acetylenes is 1. The zero-order chi connectivity index (χ0) is 22.1. The van der Waals surface area contributed by atoms with Gasteiger partial charge in [0.15, 0.2) is 0 Å². The van der Waals surface area contributed by atoms with Crippen molar-refractivity contribution in [3.63, 3.8) is 0 Å². The standard InChI is InChI=1S/C25H26N6O/c1-3-17-5-4-6-19(11-17)29-25-21-12-20(7-8-22(21)26-16-27-25)28-24(32)15-31-13-18-9-10-30(2)23(18)14-31/h1,4-8,11-12,16,18,23H,9-10,13-15H2,2H3,(H,28,32)(H,26,27,29). The van der Waals surface area contributed by atoms with Crippen LogP contribution in [0.15, 0.2) is 48.8 Å². The minimum Gasteiger partial charge on any atom is -0.340 e. The van der Waals surface area contributed by atoms with Gasteiger partial charge in [-0.25, -0.2) is 9.97 Å². The van der Waals surface area contributed by atoms with Crippen molar-refractivity contribution in [1.82, 2.24) is 19.8 Å². The van der Waals surface area contributed by atoms with E-state index in [-0.39, 0.29) is 5.91 Å². The van der Waals surface area contributed by atoms with Gasteiger partial charge in [-0.2, -0.15) is 0 Å². The summed E-state index contributed by atoms with van der Waals surface area (Å²) in [4.78, 5) is 26.1. The third kappa shape index (κ3) is 4.15. The van der Waals surface area contributed by atoms with Gasteiger partial charge in [-0.05, 0) is 62.3 Å². The topological polar surface area (TPSA) is 73.4 Å². The maximum atomic E-state index is 12.7. The summed E-state index contributed by atoms with van der Waals surface area (Å²) < 4.78 is 0. The third-order valence-electron chi connectivity index (χ3n) is 6.48. The van der Waals surface area contributed by atoms with Gasteiger partial charge >= 0.3 is 0 Å². The van der Waals surface area contributed by atoms with Gasteiger partial charge in [0, 0.05) is 41.5 Å². The van der Waals surface area contributed by atoms with Crippen LogP contribution in [0.2, 0.25) is 0 Å². The summed E-state index contributed by atoms with van der Waals surface area (Å²) in [5.74, 6) is 3.99. The number of carbonyl (C=O) groups is 1. The highest BCUT2D eigenvalue weighted by molar-refractivity contribution is 5.98. The first-order valence-corrected chi connectivity index (χ1v) is 10.9. The van der Waals surface area contributed by atoms with Gasteiger partial charge in [0.25, 0.3) is 0 Å². The number of hydrogen-bond donors (Lipinski definition) is 2. The number of fused-ring (bicyclic) bond motifs is 2. The van der Waals surface area contributed by atoms with Crippen LogP contribution in [-0.4, -0.2) is 64.9 Å². The van der Waals surface area contributed by atoms with Gasteiger partial charge in [-0.1, -0.05) is 12.0 Å². The molecule has 32 heavy (non-hydrogen) atoms. The van der Waals surface area contributed by atoms with Crippen molar-refractivity contribution in [3.05, 3.63) is 54.4 Å². The third-order valence-corrected chi connectivity index (χ3v) is 6.48. The first-order valence-electron chi connectivity index (χ1n) is 10.9. The van der Waals surface area contributed by atoms with E-state index in [2.05, 4.69) is 43.4 Å². The van der Waals surface area contributed by atoms with Crippen LogP contribution < -0.4 is 10.6 Å². The highest BCUT2D eigenvalue weighted by Gasteiger charge is 2.39. The Balaban J connectivity index is 1.30. The van der Waals surface area contributed by atoms with E-state index in [4.69, 9.17) is 6.42 Å².